The zero-order valence-corrected chi connectivity index (χ0v) is 4.46. The Morgan fingerprint density at radius 2 is 2.62 bits per heavy atom. The van der Waals surface area contributed by atoms with E-state index < -0.39 is 11.1 Å². The number of aromatic nitrogens is 2. The molecule has 0 spiro atoms. The minimum atomic E-state index is -2.14. The Labute approximate surface area is 47.0 Å². The minimum absolute atomic E-state index is 0.273. The summed E-state index contributed by atoms with van der Waals surface area (Å²) in [6, 6.07) is 0. The molecule has 0 amide bonds. The number of rotatable bonds is 1. The first-order valence-corrected chi connectivity index (χ1v) is 2.79. The highest BCUT2D eigenvalue weighted by atomic mass is 32.2. The van der Waals surface area contributed by atoms with Gasteiger partial charge in [0.2, 0.25) is 11.1 Å². The van der Waals surface area contributed by atoms with E-state index in [-0.39, 0.29) is 5.22 Å². The van der Waals surface area contributed by atoms with Gasteiger partial charge in [0.1, 0.15) is 0 Å². The van der Waals surface area contributed by atoms with Crippen LogP contribution in [-0.4, -0.2) is 18.9 Å². The fourth-order valence-electron chi connectivity index (χ4n) is 0.240. The minimum Gasteiger partial charge on any atom is -0.322 e. The summed E-state index contributed by atoms with van der Waals surface area (Å²) in [5.74, 6) is 0. The number of hydrogen-bond acceptors (Lipinski definition) is 4. The van der Waals surface area contributed by atoms with Crippen LogP contribution in [0.5, 0.6) is 0 Å². The first kappa shape index (κ1) is 5.39. The van der Waals surface area contributed by atoms with Crippen LogP contribution in [0.1, 0.15) is 0 Å². The molecule has 0 radical (unpaired) electrons. The summed E-state index contributed by atoms with van der Waals surface area (Å²) in [6.07, 6.45) is 1.06. The second-order valence-corrected chi connectivity index (χ2v) is 1.80. The molecule has 0 fully saturated rings. The molecular weight excluding hydrogens is 132 g/mol. The fraction of sp³-hybridized carbons (Fsp3) is 0. The van der Waals surface area contributed by atoms with Gasteiger partial charge in [-0.05, 0) is 0 Å². The maximum atomic E-state index is 9.98. The second kappa shape index (κ2) is 2.01. The van der Waals surface area contributed by atoms with Crippen LogP contribution < -0.4 is 0 Å². The molecule has 0 aliphatic carbocycles. The van der Waals surface area contributed by atoms with Crippen LogP contribution in [0.4, 0.5) is 0 Å². The summed E-state index contributed by atoms with van der Waals surface area (Å²) < 4.78 is 22.3. The van der Waals surface area contributed by atoms with Gasteiger partial charge in [-0.2, -0.15) is 4.98 Å². The molecule has 1 N–H and O–H groups in total. The van der Waals surface area contributed by atoms with Gasteiger partial charge in [-0.25, -0.2) is 4.21 Å². The Bertz CT molecular complexity index is 183. The normalized spacial score (nSPS) is 13.6. The van der Waals surface area contributed by atoms with Gasteiger partial charge in [-0.3, -0.25) is 4.55 Å². The van der Waals surface area contributed by atoms with Gasteiger partial charge >= 0.3 is 5.22 Å². The van der Waals surface area contributed by atoms with Gasteiger partial charge in [0.25, 0.3) is 0 Å². The van der Waals surface area contributed by atoms with Crippen LogP contribution in [0.15, 0.2) is 16.1 Å². The van der Waals surface area contributed by atoms with Crippen molar-refractivity contribution in [2.75, 3.05) is 0 Å². The molecule has 44 valence electrons. The lowest BCUT2D eigenvalue weighted by atomic mass is 11.3. The average molecular weight is 134 g/mol. The molecule has 0 aromatic carbocycles. The van der Waals surface area contributed by atoms with E-state index in [0.717, 1.165) is 6.33 Å². The third kappa shape index (κ3) is 0.903. The molecule has 1 aromatic rings. The monoisotopic (exact) mass is 134 g/mol. The third-order valence-electron chi connectivity index (χ3n) is 0.490. The van der Waals surface area contributed by atoms with Crippen molar-refractivity contribution < 1.29 is 13.3 Å². The Kier molecular flexibility index (Phi) is 1.36. The third-order valence-corrected chi connectivity index (χ3v) is 0.969. The van der Waals surface area contributed by atoms with Crippen molar-refractivity contribution in [2.45, 2.75) is 5.22 Å². The van der Waals surface area contributed by atoms with Gasteiger partial charge in [0.05, 0.1) is 0 Å². The van der Waals surface area contributed by atoms with Crippen LogP contribution >= 0.6 is 0 Å². The predicted molar refractivity (Wildman–Crippen MR) is 23.3 cm³/mol. The summed E-state index contributed by atoms with van der Waals surface area (Å²) in [5.41, 5.74) is 0. The Balaban J connectivity index is 2.93. The summed E-state index contributed by atoms with van der Waals surface area (Å²) in [5, 5.41) is 2.83. The van der Waals surface area contributed by atoms with Gasteiger partial charge in [-0.15, -0.1) is 0 Å². The van der Waals surface area contributed by atoms with Gasteiger partial charge in [0.15, 0.2) is 6.33 Å². The lowest BCUT2D eigenvalue weighted by Crippen LogP contribution is -1.85. The fourth-order valence-corrected chi connectivity index (χ4v) is 0.484. The van der Waals surface area contributed by atoms with Crippen molar-refractivity contribution >= 4 is 11.1 Å². The predicted octanol–water partition coefficient (Wildman–Crippen LogP) is -0.350. The maximum Gasteiger partial charge on any atom is 0.342 e. The molecule has 1 heterocycles. The molecule has 8 heavy (non-hydrogen) atoms. The van der Waals surface area contributed by atoms with Crippen LogP contribution in [0.3, 0.4) is 0 Å². The van der Waals surface area contributed by atoms with Crippen LogP contribution in [-0.2, 0) is 11.1 Å². The summed E-state index contributed by atoms with van der Waals surface area (Å²) in [6.45, 7) is 0. The molecule has 0 aliphatic heterocycles. The lowest BCUT2D eigenvalue weighted by Gasteiger charge is -1.75. The van der Waals surface area contributed by atoms with Crippen molar-refractivity contribution in [1.82, 2.24) is 10.1 Å². The SMILES string of the molecule is O=S(O)c1ncno1. The first-order valence-electron chi connectivity index (χ1n) is 1.68. The van der Waals surface area contributed by atoms with E-state index in [9.17, 15) is 4.21 Å². The van der Waals surface area contributed by atoms with E-state index in [1.165, 1.54) is 0 Å². The van der Waals surface area contributed by atoms with Crippen LogP contribution in [0, 0.1) is 0 Å². The Morgan fingerprint density at radius 3 is 2.88 bits per heavy atom. The highest BCUT2D eigenvalue weighted by Crippen LogP contribution is 1.93. The van der Waals surface area contributed by atoms with Gasteiger partial charge in [0, 0.05) is 0 Å². The Hall–Kier alpha value is -0.750. The standard InChI is InChI=1S/C2H2N2O3S/c5-8(6)2-3-1-4-7-2/h1H,(H,5,6). The van der Waals surface area contributed by atoms with E-state index in [1.54, 1.807) is 0 Å². The highest BCUT2D eigenvalue weighted by molar-refractivity contribution is 7.78. The highest BCUT2D eigenvalue weighted by Gasteiger charge is 2.02. The summed E-state index contributed by atoms with van der Waals surface area (Å²) in [7, 11) is 0. The quantitative estimate of drug-likeness (QED) is 0.531. The molecule has 1 aromatic heterocycles. The van der Waals surface area contributed by atoms with E-state index >= 15 is 0 Å². The molecule has 1 atom stereocenters. The topological polar surface area (TPSA) is 76.2 Å². The maximum absolute atomic E-state index is 9.98. The number of hydrogen-bond donors (Lipinski definition) is 1. The molecule has 5 nitrogen and oxygen atoms in total. The van der Waals surface area contributed by atoms with E-state index in [4.69, 9.17) is 4.55 Å². The zero-order chi connectivity index (χ0) is 5.98. The van der Waals surface area contributed by atoms with E-state index in [2.05, 4.69) is 14.7 Å². The van der Waals surface area contributed by atoms with Gasteiger partial charge < -0.3 is 4.52 Å². The van der Waals surface area contributed by atoms with Crippen LogP contribution in [0.2, 0.25) is 0 Å². The smallest absolute Gasteiger partial charge is 0.322 e. The van der Waals surface area contributed by atoms with Crippen molar-refractivity contribution in [2.24, 2.45) is 0 Å². The second-order valence-electron chi connectivity index (χ2n) is 0.956. The molecule has 6 heteroatoms. The zero-order valence-electron chi connectivity index (χ0n) is 3.64. The van der Waals surface area contributed by atoms with Crippen LogP contribution in [0.25, 0.3) is 0 Å². The average Bonchev–Trinajstić information content (AvgIpc) is 2.12. The van der Waals surface area contributed by atoms with E-state index in [0.29, 0.717) is 0 Å². The number of nitrogens with zero attached hydrogens (tertiary/aromatic N) is 2. The summed E-state index contributed by atoms with van der Waals surface area (Å²) >= 11 is -2.14. The van der Waals surface area contributed by atoms with Gasteiger partial charge in [-0.1, -0.05) is 5.16 Å². The molecule has 0 saturated carbocycles. The molecule has 0 saturated heterocycles. The lowest BCUT2D eigenvalue weighted by molar-refractivity contribution is 0.326. The molecule has 0 aliphatic rings. The Morgan fingerprint density at radius 1 is 1.88 bits per heavy atom. The first-order chi connectivity index (χ1) is 3.80. The van der Waals surface area contributed by atoms with Crippen molar-refractivity contribution in [3.05, 3.63) is 6.33 Å². The van der Waals surface area contributed by atoms with Crippen molar-refractivity contribution in [3.8, 4) is 0 Å². The molecule has 1 rings (SSSR count). The van der Waals surface area contributed by atoms with Crippen molar-refractivity contribution in [1.29, 1.82) is 0 Å². The van der Waals surface area contributed by atoms with Crippen molar-refractivity contribution in [3.63, 3.8) is 0 Å². The van der Waals surface area contributed by atoms with E-state index in [1.807, 2.05) is 0 Å². The molecular formula is C2H2N2O3S. The molecule has 0 bridgehead atoms. The largest absolute Gasteiger partial charge is 0.342 e. The molecule has 1 unspecified atom stereocenters. The summed E-state index contributed by atoms with van der Waals surface area (Å²) in [4.78, 5) is 3.29.